The summed E-state index contributed by atoms with van der Waals surface area (Å²) in [5.74, 6) is 0.201. The second kappa shape index (κ2) is 6.71. The third-order valence-corrected chi connectivity index (χ3v) is 4.08. The second-order valence-corrected chi connectivity index (χ2v) is 6.40. The predicted molar refractivity (Wildman–Crippen MR) is 76.1 cm³/mol. The van der Waals surface area contributed by atoms with E-state index in [1.165, 1.54) is 26.2 Å². The molecule has 0 radical (unpaired) electrons. The Morgan fingerprint density at radius 2 is 1.70 bits per heavy atom. The molecule has 6 nitrogen and oxygen atoms in total. The van der Waals surface area contributed by atoms with Crippen LogP contribution in [-0.2, 0) is 14.8 Å². The van der Waals surface area contributed by atoms with Gasteiger partial charge in [0.2, 0.25) is 15.9 Å². The van der Waals surface area contributed by atoms with Crippen molar-refractivity contribution in [3.63, 3.8) is 0 Å². The van der Waals surface area contributed by atoms with Gasteiger partial charge in [0.1, 0.15) is 5.75 Å². The highest BCUT2D eigenvalue weighted by Crippen LogP contribution is 2.15. The normalized spacial score (nSPS) is 13.1. The van der Waals surface area contributed by atoms with Gasteiger partial charge in [-0.25, -0.2) is 8.42 Å². The van der Waals surface area contributed by atoms with Crippen LogP contribution in [0.5, 0.6) is 5.75 Å². The molecule has 1 aromatic carbocycles. The molecular formula is C13H20N2O4S. The number of methoxy groups -OCH3 is 1. The molecule has 0 aliphatic carbocycles. The van der Waals surface area contributed by atoms with Crippen molar-refractivity contribution in [3.8, 4) is 5.75 Å². The summed E-state index contributed by atoms with van der Waals surface area (Å²) in [5.41, 5.74) is 0. The van der Waals surface area contributed by atoms with E-state index in [0.717, 1.165) is 0 Å². The average Bonchev–Trinajstić information content (AvgIpc) is 2.37. The lowest BCUT2D eigenvalue weighted by Crippen LogP contribution is -2.46. The Bertz CT molecular complexity index is 552. The van der Waals surface area contributed by atoms with Gasteiger partial charge in [-0.1, -0.05) is 0 Å². The number of hydrogen-bond acceptors (Lipinski definition) is 4. The maximum atomic E-state index is 12.1. The van der Waals surface area contributed by atoms with Crippen molar-refractivity contribution in [1.82, 2.24) is 10.0 Å². The van der Waals surface area contributed by atoms with Gasteiger partial charge in [-0.05, 0) is 45.0 Å². The molecule has 1 aromatic rings. The second-order valence-electron chi connectivity index (χ2n) is 4.68. The van der Waals surface area contributed by atoms with Crippen LogP contribution in [0.3, 0.4) is 0 Å². The van der Waals surface area contributed by atoms with Gasteiger partial charge in [0.15, 0.2) is 0 Å². The van der Waals surface area contributed by atoms with Crippen LogP contribution in [-0.4, -0.2) is 33.5 Å². The van der Waals surface area contributed by atoms with Crippen LogP contribution in [0, 0.1) is 0 Å². The summed E-state index contributed by atoms with van der Waals surface area (Å²) in [6.45, 7) is 5.12. The third-order valence-electron chi connectivity index (χ3n) is 2.53. The lowest BCUT2D eigenvalue weighted by Gasteiger charge is -2.16. The molecule has 1 amide bonds. The first-order chi connectivity index (χ1) is 9.26. The molecule has 1 atom stereocenters. The Balaban J connectivity index is 2.80. The summed E-state index contributed by atoms with van der Waals surface area (Å²) in [7, 11) is -2.23. The molecule has 0 aromatic heterocycles. The molecule has 0 fully saturated rings. The average molecular weight is 300 g/mol. The number of sulfonamides is 1. The van der Waals surface area contributed by atoms with Crippen molar-refractivity contribution < 1.29 is 17.9 Å². The van der Waals surface area contributed by atoms with Gasteiger partial charge in [0.05, 0.1) is 18.0 Å². The van der Waals surface area contributed by atoms with Gasteiger partial charge in [-0.3, -0.25) is 4.79 Å². The van der Waals surface area contributed by atoms with Gasteiger partial charge in [0.25, 0.3) is 0 Å². The Kier molecular flexibility index (Phi) is 5.52. The van der Waals surface area contributed by atoms with E-state index in [2.05, 4.69) is 10.0 Å². The van der Waals surface area contributed by atoms with E-state index in [1.807, 2.05) is 13.8 Å². The fourth-order valence-electron chi connectivity index (χ4n) is 1.52. The molecule has 0 aliphatic rings. The highest BCUT2D eigenvalue weighted by molar-refractivity contribution is 7.89. The van der Waals surface area contributed by atoms with E-state index in [0.29, 0.717) is 5.75 Å². The maximum absolute atomic E-state index is 12.1. The minimum atomic E-state index is -3.73. The van der Waals surface area contributed by atoms with Crippen LogP contribution < -0.4 is 14.8 Å². The minimum absolute atomic E-state index is 0.0459. The van der Waals surface area contributed by atoms with Crippen molar-refractivity contribution >= 4 is 15.9 Å². The Hall–Kier alpha value is -1.60. The Labute approximate surface area is 119 Å². The molecule has 2 N–H and O–H groups in total. The van der Waals surface area contributed by atoms with Gasteiger partial charge in [-0.15, -0.1) is 0 Å². The topological polar surface area (TPSA) is 84.5 Å². The van der Waals surface area contributed by atoms with Crippen LogP contribution in [0.2, 0.25) is 0 Å². The molecule has 0 saturated carbocycles. The highest BCUT2D eigenvalue weighted by atomic mass is 32.2. The summed E-state index contributed by atoms with van der Waals surface area (Å²) in [6, 6.07) is 5.06. The van der Waals surface area contributed by atoms with E-state index >= 15 is 0 Å². The molecule has 0 heterocycles. The number of ether oxygens (including phenoxy) is 1. The first kappa shape index (κ1) is 16.5. The molecule has 1 rings (SSSR count). The molecule has 20 heavy (non-hydrogen) atoms. The zero-order chi connectivity index (χ0) is 15.3. The smallest absolute Gasteiger partial charge is 0.241 e. The molecule has 7 heteroatoms. The van der Waals surface area contributed by atoms with E-state index in [4.69, 9.17) is 4.74 Å². The molecule has 0 unspecified atom stereocenters. The summed E-state index contributed by atoms with van der Waals surface area (Å²) in [5, 5.41) is 2.65. The van der Waals surface area contributed by atoms with E-state index in [1.54, 1.807) is 12.1 Å². The molecule has 0 bridgehead atoms. The number of hydrogen-bond donors (Lipinski definition) is 2. The van der Waals surface area contributed by atoms with E-state index < -0.39 is 16.1 Å². The quantitative estimate of drug-likeness (QED) is 0.817. The molecule has 0 aliphatic heterocycles. The van der Waals surface area contributed by atoms with Crippen molar-refractivity contribution in [3.05, 3.63) is 24.3 Å². The van der Waals surface area contributed by atoms with Crippen LogP contribution in [0.4, 0.5) is 0 Å². The number of carbonyl (C=O) groups excluding carboxylic acids is 1. The Morgan fingerprint density at radius 1 is 1.15 bits per heavy atom. The van der Waals surface area contributed by atoms with Crippen LogP contribution in [0.1, 0.15) is 20.8 Å². The minimum Gasteiger partial charge on any atom is -0.497 e. The zero-order valence-corrected chi connectivity index (χ0v) is 12.8. The fourth-order valence-corrected chi connectivity index (χ4v) is 2.72. The maximum Gasteiger partial charge on any atom is 0.241 e. The number of carbonyl (C=O) groups is 1. The van der Waals surface area contributed by atoms with Gasteiger partial charge in [0, 0.05) is 6.04 Å². The van der Waals surface area contributed by atoms with Crippen molar-refractivity contribution in [1.29, 1.82) is 0 Å². The zero-order valence-electron chi connectivity index (χ0n) is 12.0. The number of benzene rings is 1. The fraction of sp³-hybridized carbons (Fsp3) is 0.462. The van der Waals surface area contributed by atoms with Crippen molar-refractivity contribution in [2.45, 2.75) is 37.8 Å². The van der Waals surface area contributed by atoms with Crippen LogP contribution >= 0.6 is 0 Å². The first-order valence-electron chi connectivity index (χ1n) is 6.23. The first-order valence-corrected chi connectivity index (χ1v) is 7.71. The molecule has 0 saturated heterocycles. The summed E-state index contributed by atoms with van der Waals surface area (Å²) >= 11 is 0. The lowest BCUT2D eigenvalue weighted by atomic mass is 10.3. The van der Waals surface area contributed by atoms with Crippen LogP contribution in [0.15, 0.2) is 29.2 Å². The Morgan fingerprint density at radius 3 is 2.15 bits per heavy atom. The molecule has 0 spiro atoms. The number of amides is 1. The number of rotatable bonds is 6. The highest BCUT2D eigenvalue weighted by Gasteiger charge is 2.22. The monoisotopic (exact) mass is 300 g/mol. The van der Waals surface area contributed by atoms with Crippen LogP contribution in [0.25, 0.3) is 0 Å². The summed E-state index contributed by atoms with van der Waals surface area (Å²) < 4.78 is 31.5. The van der Waals surface area contributed by atoms with Gasteiger partial charge in [-0.2, -0.15) is 4.72 Å². The number of nitrogens with one attached hydrogen (secondary N) is 2. The summed E-state index contributed by atoms with van der Waals surface area (Å²) in [6.07, 6.45) is 0. The lowest BCUT2D eigenvalue weighted by molar-refractivity contribution is -0.122. The van der Waals surface area contributed by atoms with E-state index in [-0.39, 0.29) is 16.8 Å². The summed E-state index contributed by atoms with van der Waals surface area (Å²) in [4.78, 5) is 11.8. The predicted octanol–water partition coefficient (Wildman–Crippen LogP) is 0.887. The SMILES string of the molecule is COc1ccc(S(=O)(=O)N[C@H](C)C(=O)NC(C)C)cc1. The molecule has 112 valence electrons. The van der Waals surface area contributed by atoms with Crippen molar-refractivity contribution in [2.24, 2.45) is 0 Å². The standard InChI is InChI=1S/C13H20N2O4S/c1-9(2)14-13(16)10(3)15-20(17,18)12-7-5-11(19-4)6-8-12/h5-10,15H,1-4H3,(H,14,16)/t10-/m1/s1. The third kappa shape index (κ3) is 4.50. The largest absolute Gasteiger partial charge is 0.497 e. The van der Waals surface area contributed by atoms with Gasteiger partial charge >= 0.3 is 0 Å². The van der Waals surface area contributed by atoms with Gasteiger partial charge < -0.3 is 10.1 Å². The van der Waals surface area contributed by atoms with E-state index in [9.17, 15) is 13.2 Å². The molecular weight excluding hydrogens is 280 g/mol. The van der Waals surface area contributed by atoms with Crippen molar-refractivity contribution in [2.75, 3.05) is 7.11 Å².